The molecule has 2 spiro atoms. The molecule has 146 valence electrons. The van der Waals surface area contributed by atoms with Crippen LogP contribution in [-0.2, 0) is 18.9 Å². The van der Waals surface area contributed by atoms with E-state index in [4.69, 9.17) is 18.9 Å². The molecule has 0 aromatic heterocycles. The lowest BCUT2D eigenvalue weighted by Gasteiger charge is -2.59. The Bertz CT molecular complexity index is 369. The minimum atomic E-state index is -0.164. The van der Waals surface area contributed by atoms with Crippen LogP contribution < -0.4 is 5.32 Å². The quantitative estimate of drug-likeness (QED) is 0.662. The molecule has 7 heteroatoms. The fourth-order valence-electron chi connectivity index (χ4n) is 4.72. The Hall–Kier alpha value is -0.280. The van der Waals surface area contributed by atoms with Crippen LogP contribution in [0, 0.1) is 0 Å². The van der Waals surface area contributed by atoms with Gasteiger partial charge in [-0.1, -0.05) is 0 Å². The summed E-state index contributed by atoms with van der Waals surface area (Å²) in [6.07, 6.45) is 5.52. The average Bonchev–Trinajstić information content (AvgIpc) is 2.64. The average molecular weight is 358 g/mol. The van der Waals surface area contributed by atoms with Gasteiger partial charge >= 0.3 is 0 Å². The van der Waals surface area contributed by atoms with Gasteiger partial charge in [-0.15, -0.1) is 0 Å². The highest BCUT2D eigenvalue weighted by atomic mass is 16.5. The largest absolute Gasteiger partial charge is 0.382 e. The zero-order valence-electron chi connectivity index (χ0n) is 15.5. The summed E-state index contributed by atoms with van der Waals surface area (Å²) in [5, 5.41) is 16.6. The fraction of sp³-hybridized carbons (Fsp3) is 1.00. The topological polar surface area (TPSA) is 72.4 Å². The van der Waals surface area contributed by atoms with E-state index in [2.05, 4.69) is 5.32 Å². The van der Waals surface area contributed by atoms with Gasteiger partial charge in [-0.05, 0) is 38.5 Å². The van der Waals surface area contributed by atoms with E-state index >= 15 is 0 Å². The van der Waals surface area contributed by atoms with Crippen LogP contribution in [0.1, 0.15) is 38.5 Å². The second-order valence-electron chi connectivity index (χ2n) is 7.65. The molecule has 3 heterocycles. The van der Waals surface area contributed by atoms with Crippen molar-refractivity contribution in [3.8, 4) is 0 Å². The summed E-state index contributed by atoms with van der Waals surface area (Å²) in [6.45, 7) is 5.72. The van der Waals surface area contributed by atoms with Crippen molar-refractivity contribution in [2.75, 3.05) is 59.9 Å². The van der Waals surface area contributed by atoms with E-state index in [9.17, 15) is 5.21 Å². The number of rotatable bonds is 7. The van der Waals surface area contributed by atoms with Gasteiger partial charge in [0, 0.05) is 46.1 Å². The molecule has 3 rings (SSSR count). The van der Waals surface area contributed by atoms with Gasteiger partial charge < -0.3 is 29.5 Å². The molecular weight excluding hydrogens is 324 g/mol. The third-order valence-corrected chi connectivity index (χ3v) is 6.11. The van der Waals surface area contributed by atoms with E-state index < -0.39 is 0 Å². The van der Waals surface area contributed by atoms with Gasteiger partial charge in [0.25, 0.3) is 0 Å². The fourth-order valence-corrected chi connectivity index (χ4v) is 4.72. The highest BCUT2D eigenvalue weighted by molar-refractivity contribution is 5.07. The molecule has 0 aromatic rings. The Kier molecular flexibility index (Phi) is 7.08. The predicted octanol–water partition coefficient (Wildman–Crippen LogP) is 1.19. The third kappa shape index (κ3) is 4.53. The number of methoxy groups -OCH3 is 1. The molecule has 0 bridgehead atoms. The minimum Gasteiger partial charge on any atom is -0.382 e. The summed E-state index contributed by atoms with van der Waals surface area (Å²) in [6, 6.07) is 0.394. The molecule has 25 heavy (non-hydrogen) atoms. The molecule has 3 fully saturated rings. The van der Waals surface area contributed by atoms with Crippen molar-refractivity contribution in [1.29, 1.82) is 0 Å². The molecule has 0 aromatic carbocycles. The van der Waals surface area contributed by atoms with Crippen molar-refractivity contribution >= 4 is 0 Å². The number of nitrogens with one attached hydrogen (secondary N) is 1. The molecule has 0 saturated carbocycles. The Morgan fingerprint density at radius 2 is 1.52 bits per heavy atom. The normalized spacial score (nSPS) is 29.3. The van der Waals surface area contributed by atoms with Gasteiger partial charge in [-0.3, -0.25) is 0 Å². The Morgan fingerprint density at radius 1 is 0.960 bits per heavy atom. The van der Waals surface area contributed by atoms with Crippen LogP contribution in [0.5, 0.6) is 0 Å². The van der Waals surface area contributed by atoms with Gasteiger partial charge in [0.15, 0.2) is 0 Å². The van der Waals surface area contributed by atoms with Crippen molar-refractivity contribution in [2.24, 2.45) is 0 Å². The van der Waals surface area contributed by atoms with E-state index in [-0.39, 0.29) is 11.1 Å². The lowest BCUT2D eigenvalue weighted by atomic mass is 9.69. The van der Waals surface area contributed by atoms with Crippen LogP contribution >= 0.6 is 0 Å². The van der Waals surface area contributed by atoms with Gasteiger partial charge in [0.05, 0.1) is 30.9 Å². The van der Waals surface area contributed by atoms with E-state index in [1.165, 1.54) is 0 Å². The van der Waals surface area contributed by atoms with Gasteiger partial charge in [-0.25, -0.2) is 0 Å². The first-order valence-corrected chi connectivity index (χ1v) is 9.66. The summed E-state index contributed by atoms with van der Waals surface area (Å²) in [7, 11) is 1.69. The van der Waals surface area contributed by atoms with Crippen LogP contribution in [0.25, 0.3) is 0 Å². The zero-order chi connectivity index (χ0) is 17.6. The molecule has 0 unspecified atom stereocenters. The zero-order valence-corrected chi connectivity index (χ0v) is 15.5. The van der Waals surface area contributed by atoms with Crippen molar-refractivity contribution in [1.82, 2.24) is 10.4 Å². The van der Waals surface area contributed by atoms with E-state index in [0.29, 0.717) is 25.9 Å². The van der Waals surface area contributed by atoms with E-state index in [0.717, 1.165) is 71.5 Å². The maximum absolute atomic E-state index is 11.2. The molecule has 3 saturated heterocycles. The highest BCUT2D eigenvalue weighted by Crippen LogP contribution is 2.46. The first-order valence-electron chi connectivity index (χ1n) is 9.66. The summed E-state index contributed by atoms with van der Waals surface area (Å²) in [5.41, 5.74) is -0.329. The summed E-state index contributed by atoms with van der Waals surface area (Å²) in [4.78, 5) is 0. The molecular formula is C18H34N2O5. The van der Waals surface area contributed by atoms with Crippen molar-refractivity contribution in [3.05, 3.63) is 0 Å². The second-order valence-corrected chi connectivity index (χ2v) is 7.65. The van der Waals surface area contributed by atoms with Crippen LogP contribution in [0.2, 0.25) is 0 Å². The Balaban J connectivity index is 1.60. The first-order chi connectivity index (χ1) is 12.2. The van der Waals surface area contributed by atoms with Gasteiger partial charge in [0.2, 0.25) is 0 Å². The van der Waals surface area contributed by atoms with Gasteiger partial charge in [0.1, 0.15) is 0 Å². The molecule has 3 aliphatic heterocycles. The number of hydroxylamine groups is 2. The highest BCUT2D eigenvalue weighted by Gasteiger charge is 2.54. The SMILES string of the molecule is COCCOCCNC1CC2(CCOCC2)N(O)C2(CCOCC2)C1. The summed E-state index contributed by atoms with van der Waals surface area (Å²) < 4.78 is 21.7. The molecule has 0 radical (unpaired) electrons. The van der Waals surface area contributed by atoms with Crippen LogP contribution in [0.4, 0.5) is 0 Å². The molecule has 0 aliphatic carbocycles. The number of nitrogens with zero attached hydrogens (tertiary/aromatic N) is 1. The van der Waals surface area contributed by atoms with E-state index in [1.807, 2.05) is 0 Å². The van der Waals surface area contributed by atoms with Crippen LogP contribution in [-0.4, -0.2) is 87.3 Å². The second kappa shape index (κ2) is 9.08. The first kappa shape index (κ1) is 19.5. The standard InChI is InChI=1S/C18H34N2O5/c1-22-12-13-25-11-6-19-16-14-17(2-7-23-8-3-17)20(21)18(15-16)4-9-24-10-5-18/h16,19,21H,2-15H2,1H3. The molecule has 0 amide bonds. The predicted molar refractivity (Wildman–Crippen MR) is 92.9 cm³/mol. The smallest absolute Gasteiger partial charge is 0.0700 e. The number of hydrogen-bond acceptors (Lipinski definition) is 7. The molecule has 0 atom stereocenters. The molecule has 2 N–H and O–H groups in total. The monoisotopic (exact) mass is 358 g/mol. The maximum Gasteiger partial charge on any atom is 0.0700 e. The van der Waals surface area contributed by atoms with Gasteiger partial charge in [-0.2, -0.15) is 5.06 Å². The number of piperidine rings is 1. The van der Waals surface area contributed by atoms with Crippen LogP contribution in [0.15, 0.2) is 0 Å². The lowest BCUT2D eigenvalue weighted by Crippen LogP contribution is -2.69. The van der Waals surface area contributed by atoms with Crippen molar-refractivity contribution in [2.45, 2.75) is 55.6 Å². The Morgan fingerprint density at radius 3 is 2.04 bits per heavy atom. The van der Waals surface area contributed by atoms with Crippen LogP contribution in [0.3, 0.4) is 0 Å². The Labute approximate surface area is 150 Å². The molecule has 3 aliphatic rings. The van der Waals surface area contributed by atoms with Crippen molar-refractivity contribution < 1.29 is 24.2 Å². The number of ether oxygens (including phenoxy) is 4. The number of hydrogen-bond donors (Lipinski definition) is 2. The molecule has 7 nitrogen and oxygen atoms in total. The maximum atomic E-state index is 11.2. The lowest BCUT2D eigenvalue weighted by molar-refractivity contribution is -0.295. The van der Waals surface area contributed by atoms with E-state index in [1.54, 1.807) is 12.2 Å². The third-order valence-electron chi connectivity index (χ3n) is 6.11. The summed E-state index contributed by atoms with van der Waals surface area (Å²) >= 11 is 0. The van der Waals surface area contributed by atoms with Crippen molar-refractivity contribution in [3.63, 3.8) is 0 Å². The minimum absolute atomic E-state index is 0.164. The summed E-state index contributed by atoms with van der Waals surface area (Å²) in [5.74, 6) is 0.